The Morgan fingerprint density at radius 1 is 0.725 bits per heavy atom. The zero-order valence-electron chi connectivity index (χ0n) is 46.4. The Kier molecular flexibility index (Phi) is 22.0. The molecule has 24 nitrogen and oxygen atoms in total. The second-order valence-corrected chi connectivity index (χ2v) is 25.2. The number of halogens is 2. The maximum atomic E-state index is 17.6. The Bertz CT molecular complexity index is 3040. The molecule has 4 amide bonds. The van der Waals surface area contributed by atoms with Crippen LogP contribution in [0.2, 0.25) is 0 Å². The molecule has 0 aliphatic carbocycles. The van der Waals surface area contributed by atoms with E-state index in [1.165, 1.54) is 0 Å². The fraction of sp³-hybridized carbons (Fsp3) is 0.529. The van der Waals surface area contributed by atoms with Crippen molar-refractivity contribution in [2.75, 3.05) is 100 Å². The van der Waals surface area contributed by atoms with Gasteiger partial charge in [-0.3, -0.25) is 28.3 Å². The molecule has 0 spiro atoms. The van der Waals surface area contributed by atoms with E-state index in [0.29, 0.717) is 87.0 Å². The first-order valence-electron chi connectivity index (χ1n) is 26.3. The van der Waals surface area contributed by atoms with Crippen LogP contribution in [0.3, 0.4) is 0 Å². The number of aromatic nitrogens is 2. The third kappa shape index (κ3) is 19.6. The lowest BCUT2D eigenvalue weighted by atomic mass is 9.88. The molecule has 2 atom stereocenters. The van der Waals surface area contributed by atoms with Gasteiger partial charge in [0, 0.05) is 79.9 Å². The zero-order valence-corrected chi connectivity index (χ0v) is 48.0. The van der Waals surface area contributed by atoms with Gasteiger partial charge in [-0.15, -0.1) is 4.73 Å². The molecule has 0 saturated heterocycles. The monoisotopic (exact) mass is 1170 g/mol. The second kappa shape index (κ2) is 27.3. The number of carbonyl (C=O) groups is 5. The third-order valence-corrected chi connectivity index (χ3v) is 14.7. The summed E-state index contributed by atoms with van der Waals surface area (Å²) in [5.74, 6) is -8.66. The van der Waals surface area contributed by atoms with Crippen LogP contribution in [-0.2, 0) is 57.1 Å². The number of rotatable bonds is 32. The van der Waals surface area contributed by atoms with Crippen LogP contribution in [0.4, 0.5) is 8.63 Å². The lowest BCUT2D eigenvalue weighted by Gasteiger charge is -2.32. The molecule has 2 aliphatic heterocycles. The molecular weight excluding hydrogens is 1090 g/mol. The van der Waals surface area contributed by atoms with Gasteiger partial charge in [0.05, 0.1) is 61.9 Å². The van der Waals surface area contributed by atoms with Crippen molar-refractivity contribution in [2.24, 2.45) is 0 Å². The van der Waals surface area contributed by atoms with Gasteiger partial charge in [0.15, 0.2) is 11.4 Å². The Labute approximate surface area is 465 Å². The third-order valence-electron chi connectivity index (χ3n) is 13.2. The van der Waals surface area contributed by atoms with E-state index >= 15 is 8.63 Å². The average molecular weight is 1170 g/mol. The van der Waals surface area contributed by atoms with Gasteiger partial charge in [0.25, 0.3) is 20.2 Å². The van der Waals surface area contributed by atoms with Gasteiger partial charge >= 0.3 is 12.9 Å². The van der Waals surface area contributed by atoms with Gasteiger partial charge in [0.1, 0.15) is 23.6 Å². The molecule has 0 saturated carbocycles. The molecule has 80 heavy (non-hydrogen) atoms. The van der Waals surface area contributed by atoms with Gasteiger partial charge in [-0.05, 0) is 75.2 Å². The lowest BCUT2D eigenvalue weighted by molar-refractivity contribution is -0.870. The van der Waals surface area contributed by atoms with E-state index in [9.17, 15) is 60.1 Å². The molecule has 1 aromatic carbocycles. The summed E-state index contributed by atoms with van der Waals surface area (Å²) in [6, 6.07) is 8.92. The van der Waals surface area contributed by atoms with Crippen molar-refractivity contribution >= 4 is 68.6 Å². The summed E-state index contributed by atoms with van der Waals surface area (Å²) in [4.78, 5) is 71.9. The topological polar surface area (TPSA) is 308 Å². The number of quaternary nitrogens is 2. The minimum Gasteiger partial charge on any atom is -0.492 e. The lowest BCUT2D eigenvalue weighted by Crippen LogP contribution is -2.55. The first-order valence-corrected chi connectivity index (χ1v) is 29.5. The molecule has 3 aromatic rings. The van der Waals surface area contributed by atoms with Crippen molar-refractivity contribution < 1.29 is 87.0 Å². The molecule has 5 rings (SSSR count). The highest BCUT2D eigenvalue weighted by molar-refractivity contribution is 7.86. The molecule has 442 valence electrons. The van der Waals surface area contributed by atoms with Gasteiger partial charge in [0.2, 0.25) is 35.4 Å². The molecule has 0 bridgehead atoms. The number of aryl methyl sites for hydroxylation is 2. The van der Waals surface area contributed by atoms with Gasteiger partial charge < -0.3 is 67.8 Å². The molecule has 0 fully saturated rings. The van der Waals surface area contributed by atoms with Crippen molar-refractivity contribution in [3.8, 4) is 11.8 Å². The van der Waals surface area contributed by atoms with E-state index in [2.05, 4.69) is 42.4 Å². The summed E-state index contributed by atoms with van der Waals surface area (Å²) in [6.07, 6.45) is 6.79. The highest BCUT2D eigenvalue weighted by atomic mass is 32.2. The van der Waals surface area contributed by atoms with Gasteiger partial charge in [-0.2, -0.15) is 16.8 Å². The average Bonchev–Trinajstić information content (AvgIpc) is 4.12. The molecule has 0 radical (unpaired) electrons. The largest absolute Gasteiger partial charge is 0.737 e. The number of benzene rings is 1. The van der Waals surface area contributed by atoms with E-state index < -0.39 is 105 Å². The van der Waals surface area contributed by atoms with Crippen molar-refractivity contribution in [2.45, 2.75) is 76.3 Å². The molecular formula is C51H77BF2N10O14S2+2. The fourth-order valence-corrected chi connectivity index (χ4v) is 10.6. The number of nitrogens with one attached hydrogen (secondary N) is 4. The number of likely N-dealkylation sites (N-methyl/N-ethyl adjacent to an activating group) is 1. The van der Waals surface area contributed by atoms with Gasteiger partial charge in [-0.1, -0.05) is 24.6 Å². The predicted molar refractivity (Wildman–Crippen MR) is 294 cm³/mol. The smallest absolute Gasteiger partial charge is 0.492 e. The number of nitrogens with zero attached hydrogens (tertiary/aromatic N) is 6. The van der Waals surface area contributed by atoms with Crippen molar-refractivity contribution in [3.05, 3.63) is 88.4 Å². The van der Waals surface area contributed by atoms with Crippen LogP contribution in [0.1, 0.15) is 73.9 Å². The number of fused-ring (bicyclic) bond motifs is 2. The van der Waals surface area contributed by atoms with Crippen LogP contribution in [-0.4, -0.2) is 218 Å². The van der Waals surface area contributed by atoms with Crippen molar-refractivity contribution in [1.82, 2.24) is 35.4 Å². The van der Waals surface area contributed by atoms with Crippen LogP contribution in [0.5, 0.6) is 11.8 Å². The van der Waals surface area contributed by atoms with E-state index in [-0.39, 0.29) is 31.6 Å². The van der Waals surface area contributed by atoms with E-state index in [1.807, 2.05) is 32.1 Å². The fourth-order valence-electron chi connectivity index (χ4n) is 9.34. The Hall–Kier alpha value is -6.50. The first-order chi connectivity index (χ1) is 37.2. The van der Waals surface area contributed by atoms with Crippen LogP contribution in [0, 0.1) is 0 Å². The number of unbranched alkanes of at least 4 members (excludes halogenated alkanes) is 2. The molecule has 8 N–H and O–H groups in total. The number of hydrogen-bond donors (Lipinski definition) is 8. The number of hydrogen-bond acceptors (Lipinski definition) is 13. The summed E-state index contributed by atoms with van der Waals surface area (Å²) in [5, 5.41) is 28.1. The van der Waals surface area contributed by atoms with Crippen LogP contribution in [0.15, 0.2) is 65.9 Å². The highest BCUT2D eigenvalue weighted by Crippen LogP contribution is 2.40. The van der Waals surface area contributed by atoms with Gasteiger partial charge in [-0.25, -0.2) is 4.79 Å². The van der Waals surface area contributed by atoms with E-state index in [4.69, 9.17) is 4.84 Å². The normalized spacial score (nSPS) is 15.1. The number of aromatic hydroxyl groups is 2. The first kappa shape index (κ1) is 64.3. The van der Waals surface area contributed by atoms with Crippen LogP contribution in [0.25, 0.3) is 6.08 Å². The summed E-state index contributed by atoms with van der Waals surface area (Å²) in [7, 11) is 4.13. The Balaban J connectivity index is 1.22. The van der Waals surface area contributed by atoms with Crippen molar-refractivity contribution in [1.29, 1.82) is 0 Å². The van der Waals surface area contributed by atoms with Crippen LogP contribution < -0.4 is 26.1 Å². The van der Waals surface area contributed by atoms with E-state index in [1.54, 1.807) is 49.5 Å². The second-order valence-electron chi connectivity index (χ2n) is 22.2. The molecule has 2 aliphatic rings. The SMILES string of the molecule is CN(CCCCCC(=O)On1c(O)ccc1O)CCNC(=O)C(CS(=O)(=O)O)NC(=O)CNC(=O)C(CS(=O)(=O)O)NC(=O)CCc1cc(CCC[N+](C)(C)C)c2n1[B-](F)(F)[N+]1=C(c3ccccc3)C=C(CCC[N+](C)(C)C)C1=C2. The van der Waals surface area contributed by atoms with Crippen molar-refractivity contribution in [3.63, 3.8) is 0 Å². The Morgan fingerprint density at radius 3 is 1.89 bits per heavy atom. The summed E-state index contributed by atoms with van der Waals surface area (Å²) in [6.45, 7) is -3.36. The molecule has 2 aromatic heterocycles. The predicted octanol–water partition coefficient (Wildman–Crippen LogP) is 0.903. The quantitative estimate of drug-likeness (QED) is 0.0187. The minimum absolute atomic E-state index is 0.00140. The molecule has 2 unspecified atom stereocenters. The maximum absolute atomic E-state index is 17.6. The highest BCUT2D eigenvalue weighted by Gasteiger charge is 2.54. The zero-order chi connectivity index (χ0) is 59.4. The standard InChI is InChI=1S/C51H75BF2N10O14S2/c1-59(26-13-9-12-20-49(69)78-62-47(67)23-24-48(62)68)27-25-55-50(70)40(34-79(72,73)74)58-46(66)33-56-51(71)41(35-80(75,76)77)57-45(65)22-21-39-30-37(18-14-28-63(2,3)4)43-32-44-38(19-15-29-64(5,6)7)31-42(36-16-10-8-11-17-36)61(44)52(53,54)60(39)43/h8,10-11,16-17,23-24,30-32,40-41H,9,12-15,18-22,25-29,33-35H2,1-7H3,(H6-2,55,56,57,58,65,66,67,68,70,71,72,73,74,75,76,77)/p+2. The van der Waals surface area contributed by atoms with E-state index in [0.717, 1.165) is 46.2 Å². The Morgan fingerprint density at radius 2 is 1.30 bits per heavy atom. The maximum Gasteiger partial charge on any atom is 0.737 e. The summed E-state index contributed by atoms with van der Waals surface area (Å²) in [5.41, 5.74) is 3.13. The summed E-state index contributed by atoms with van der Waals surface area (Å²) >= 11 is 0. The molecule has 4 heterocycles. The summed E-state index contributed by atoms with van der Waals surface area (Å²) < 4.78 is 106. The number of allylic oxidation sites excluding steroid dienone is 2. The van der Waals surface area contributed by atoms with Crippen LogP contribution >= 0.6 is 0 Å². The molecule has 29 heteroatoms. The number of carbonyl (C=O) groups excluding carboxylic acids is 5. The minimum atomic E-state index is -4.99. The number of amides is 4.